The van der Waals surface area contributed by atoms with Crippen molar-refractivity contribution in [3.63, 3.8) is 0 Å². The minimum Gasteiger partial charge on any atom is -0.449 e. The van der Waals surface area contributed by atoms with Crippen LogP contribution in [0.4, 0.5) is 4.79 Å². The van der Waals surface area contributed by atoms with Crippen molar-refractivity contribution in [1.29, 1.82) is 0 Å². The Hall–Kier alpha value is -0.860. The Morgan fingerprint density at radius 1 is 1.53 bits per heavy atom. The summed E-state index contributed by atoms with van der Waals surface area (Å²) in [6.07, 6.45) is 0.444. The molecule has 0 aromatic heterocycles. The van der Waals surface area contributed by atoms with Crippen molar-refractivity contribution in [2.24, 2.45) is 0 Å². The molecule has 1 aliphatic heterocycles. The summed E-state index contributed by atoms with van der Waals surface area (Å²) in [6.45, 7) is 4.48. The van der Waals surface area contributed by atoms with Crippen LogP contribution in [-0.2, 0) is 14.9 Å². The second-order valence-electron chi connectivity index (χ2n) is 4.02. The smallest absolute Gasteiger partial charge is 0.421 e. The monoisotopic (exact) mass is 265 g/mol. The Bertz CT molecular complexity index is 357. The van der Waals surface area contributed by atoms with E-state index in [1.165, 1.54) is 0 Å². The zero-order chi connectivity index (χ0) is 12.9. The van der Waals surface area contributed by atoms with E-state index in [-0.39, 0.29) is 18.7 Å². The van der Waals surface area contributed by atoms with Gasteiger partial charge < -0.3 is 10.1 Å². The van der Waals surface area contributed by atoms with Crippen molar-refractivity contribution in [3.05, 3.63) is 0 Å². The SMILES string of the molecule is CCOC(=O)NS(=O)(=O)NC1CCNC(C)C1. The first-order valence-corrected chi connectivity index (χ1v) is 7.11. The first kappa shape index (κ1) is 14.2. The van der Waals surface area contributed by atoms with Crippen LogP contribution in [0.5, 0.6) is 0 Å². The molecule has 3 N–H and O–H groups in total. The summed E-state index contributed by atoms with van der Waals surface area (Å²) in [6, 6.07) is 0.109. The van der Waals surface area contributed by atoms with Crippen LogP contribution in [-0.4, -0.2) is 39.7 Å². The highest BCUT2D eigenvalue weighted by molar-refractivity contribution is 7.88. The summed E-state index contributed by atoms with van der Waals surface area (Å²) in [5.41, 5.74) is 0. The number of nitrogens with one attached hydrogen (secondary N) is 3. The Morgan fingerprint density at radius 2 is 2.24 bits per heavy atom. The molecule has 100 valence electrons. The molecule has 0 saturated carbocycles. The van der Waals surface area contributed by atoms with Gasteiger partial charge in [-0.3, -0.25) is 0 Å². The van der Waals surface area contributed by atoms with Crippen molar-refractivity contribution < 1.29 is 17.9 Å². The van der Waals surface area contributed by atoms with E-state index < -0.39 is 16.3 Å². The van der Waals surface area contributed by atoms with E-state index in [2.05, 4.69) is 14.8 Å². The Kier molecular flexibility index (Phi) is 5.16. The molecule has 1 heterocycles. The normalized spacial score (nSPS) is 25.3. The van der Waals surface area contributed by atoms with Gasteiger partial charge in [-0.15, -0.1) is 0 Å². The van der Waals surface area contributed by atoms with Crippen molar-refractivity contribution in [2.75, 3.05) is 13.2 Å². The first-order chi connectivity index (χ1) is 7.93. The summed E-state index contributed by atoms with van der Waals surface area (Å²) in [5, 5.41) is 3.21. The van der Waals surface area contributed by atoms with Crippen LogP contribution in [0.1, 0.15) is 26.7 Å². The van der Waals surface area contributed by atoms with Crippen LogP contribution in [0.2, 0.25) is 0 Å². The molecule has 0 bridgehead atoms. The average Bonchev–Trinajstić information content (AvgIpc) is 2.15. The van der Waals surface area contributed by atoms with E-state index in [1.807, 2.05) is 6.92 Å². The molecule has 17 heavy (non-hydrogen) atoms. The molecular weight excluding hydrogens is 246 g/mol. The van der Waals surface area contributed by atoms with Gasteiger partial charge in [0.25, 0.3) is 0 Å². The number of ether oxygens (including phenoxy) is 1. The van der Waals surface area contributed by atoms with E-state index in [0.717, 1.165) is 6.54 Å². The fraction of sp³-hybridized carbons (Fsp3) is 0.889. The van der Waals surface area contributed by atoms with E-state index in [4.69, 9.17) is 0 Å². The zero-order valence-electron chi connectivity index (χ0n) is 10.0. The predicted octanol–water partition coefficient (Wildman–Crippen LogP) is -0.293. The molecule has 1 fully saturated rings. The molecule has 1 amide bonds. The fourth-order valence-electron chi connectivity index (χ4n) is 1.76. The second-order valence-corrected chi connectivity index (χ2v) is 5.47. The van der Waals surface area contributed by atoms with Crippen LogP contribution in [0.3, 0.4) is 0 Å². The minimum atomic E-state index is -3.83. The molecule has 7 nitrogen and oxygen atoms in total. The maximum atomic E-state index is 11.5. The van der Waals surface area contributed by atoms with Gasteiger partial charge in [-0.05, 0) is 33.2 Å². The van der Waals surface area contributed by atoms with Gasteiger partial charge in [0.15, 0.2) is 0 Å². The zero-order valence-corrected chi connectivity index (χ0v) is 10.8. The summed E-state index contributed by atoms with van der Waals surface area (Å²) in [5.74, 6) is 0. The van der Waals surface area contributed by atoms with Crippen LogP contribution >= 0.6 is 0 Å². The lowest BCUT2D eigenvalue weighted by Crippen LogP contribution is -2.50. The number of carbonyl (C=O) groups is 1. The predicted molar refractivity (Wildman–Crippen MR) is 62.7 cm³/mol. The third-order valence-electron chi connectivity index (χ3n) is 2.44. The molecule has 0 aromatic rings. The maximum Gasteiger partial charge on any atom is 0.421 e. The van der Waals surface area contributed by atoms with Gasteiger partial charge in [0, 0.05) is 12.1 Å². The molecule has 0 radical (unpaired) electrons. The van der Waals surface area contributed by atoms with Crippen LogP contribution in [0.15, 0.2) is 0 Å². The highest BCUT2D eigenvalue weighted by Crippen LogP contribution is 2.08. The molecule has 2 atom stereocenters. The van der Waals surface area contributed by atoms with Crippen molar-refractivity contribution >= 4 is 16.3 Å². The van der Waals surface area contributed by atoms with Gasteiger partial charge in [-0.25, -0.2) is 9.52 Å². The number of carbonyl (C=O) groups excluding carboxylic acids is 1. The fourth-order valence-corrected chi connectivity index (χ4v) is 2.75. The molecule has 0 aromatic carbocycles. The van der Waals surface area contributed by atoms with Crippen LogP contribution in [0, 0.1) is 0 Å². The van der Waals surface area contributed by atoms with E-state index in [0.29, 0.717) is 12.8 Å². The lowest BCUT2D eigenvalue weighted by Gasteiger charge is -2.28. The standard InChI is InChI=1S/C9H19N3O4S/c1-3-16-9(13)12-17(14,15)11-8-4-5-10-7(2)6-8/h7-8,10-11H,3-6H2,1-2H3,(H,12,13). The van der Waals surface area contributed by atoms with Crippen LogP contribution in [0.25, 0.3) is 0 Å². The topological polar surface area (TPSA) is 96.5 Å². The van der Waals surface area contributed by atoms with Gasteiger partial charge in [-0.2, -0.15) is 13.1 Å². The molecule has 1 aliphatic rings. The first-order valence-electron chi connectivity index (χ1n) is 5.63. The van der Waals surface area contributed by atoms with E-state index in [1.54, 1.807) is 11.6 Å². The van der Waals surface area contributed by atoms with Crippen LogP contribution < -0.4 is 14.8 Å². The number of rotatable bonds is 4. The highest BCUT2D eigenvalue weighted by Gasteiger charge is 2.24. The second kappa shape index (κ2) is 6.18. The van der Waals surface area contributed by atoms with Gasteiger partial charge in [0.1, 0.15) is 0 Å². The Morgan fingerprint density at radius 3 is 2.82 bits per heavy atom. The van der Waals surface area contributed by atoms with E-state index >= 15 is 0 Å². The maximum absolute atomic E-state index is 11.5. The number of hydrogen-bond acceptors (Lipinski definition) is 5. The summed E-state index contributed by atoms with van der Waals surface area (Å²) < 4.78 is 31.8. The van der Waals surface area contributed by atoms with Crippen molar-refractivity contribution in [2.45, 2.75) is 38.8 Å². The molecular formula is C9H19N3O4S. The third-order valence-corrected chi connectivity index (χ3v) is 3.52. The van der Waals surface area contributed by atoms with Crippen molar-refractivity contribution in [1.82, 2.24) is 14.8 Å². The van der Waals surface area contributed by atoms with Gasteiger partial charge in [-0.1, -0.05) is 0 Å². The van der Waals surface area contributed by atoms with Gasteiger partial charge >= 0.3 is 16.3 Å². The number of piperidine rings is 1. The largest absolute Gasteiger partial charge is 0.449 e. The van der Waals surface area contributed by atoms with Gasteiger partial charge in [0.05, 0.1) is 6.61 Å². The lowest BCUT2D eigenvalue weighted by atomic mass is 10.0. The minimum absolute atomic E-state index is 0.131. The number of hydrogen-bond donors (Lipinski definition) is 3. The quantitative estimate of drug-likeness (QED) is 0.649. The van der Waals surface area contributed by atoms with Crippen molar-refractivity contribution in [3.8, 4) is 0 Å². The van der Waals surface area contributed by atoms with Gasteiger partial charge in [0.2, 0.25) is 0 Å². The molecule has 1 saturated heterocycles. The highest BCUT2D eigenvalue weighted by atomic mass is 32.2. The molecule has 0 spiro atoms. The number of amides is 1. The molecule has 1 rings (SSSR count). The Labute approximate surface area is 101 Å². The summed E-state index contributed by atoms with van der Waals surface area (Å²) >= 11 is 0. The van der Waals surface area contributed by atoms with E-state index in [9.17, 15) is 13.2 Å². The molecule has 0 aliphatic carbocycles. The Balaban J connectivity index is 2.45. The molecule has 2 unspecified atom stereocenters. The third kappa shape index (κ3) is 5.33. The average molecular weight is 265 g/mol. The summed E-state index contributed by atoms with van der Waals surface area (Å²) in [7, 11) is -3.83. The molecule has 8 heteroatoms. The lowest BCUT2D eigenvalue weighted by molar-refractivity contribution is 0.158. The summed E-state index contributed by atoms with van der Waals surface area (Å²) in [4.78, 5) is 11.0.